The lowest BCUT2D eigenvalue weighted by Gasteiger charge is -2.41. The van der Waals surface area contributed by atoms with Crippen LogP contribution in [-0.2, 0) is 11.2 Å². The molecule has 21 heavy (non-hydrogen) atoms. The minimum absolute atomic E-state index is 0.344. The van der Waals surface area contributed by atoms with Crippen LogP contribution in [-0.4, -0.2) is 19.3 Å². The van der Waals surface area contributed by atoms with Gasteiger partial charge in [0.15, 0.2) is 0 Å². The summed E-state index contributed by atoms with van der Waals surface area (Å²) >= 11 is 0. The highest BCUT2D eigenvalue weighted by Gasteiger charge is 2.35. The first-order valence-electron chi connectivity index (χ1n) is 8.36. The van der Waals surface area contributed by atoms with Gasteiger partial charge in [-0.1, -0.05) is 51.1 Å². The van der Waals surface area contributed by atoms with Crippen molar-refractivity contribution in [2.45, 2.75) is 52.6 Å². The van der Waals surface area contributed by atoms with Gasteiger partial charge in [0.1, 0.15) is 0 Å². The van der Waals surface area contributed by atoms with E-state index in [0.717, 1.165) is 25.5 Å². The fourth-order valence-electron chi connectivity index (χ4n) is 3.43. The van der Waals surface area contributed by atoms with Gasteiger partial charge in [0.05, 0.1) is 12.7 Å². The highest BCUT2D eigenvalue weighted by molar-refractivity contribution is 5.14. The molecular formula is C19H31NO. The van der Waals surface area contributed by atoms with Crippen molar-refractivity contribution in [3.8, 4) is 0 Å². The second kappa shape index (κ2) is 7.42. The molecule has 2 rings (SSSR count). The van der Waals surface area contributed by atoms with Crippen LogP contribution in [0, 0.1) is 17.3 Å². The first-order valence-corrected chi connectivity index (χ1v) is 8.36. The molecule has 2 nitrogen and oxygen atoms in total. The Morgan fingerprint density at radius 2 is 1.86 bits per heavy atom. The Balaban J connectivity index is 1.86. The van der Waals surface area contributed by atoms with E-state index in [9.17, 15) is 0 Å². The zero-order valence-corrected chi connectivity index (χ0v) is 13.8. The lowest BCUT2D eigenvalue weighted by molar-refractivity contribution is -0.0393. The topological polar surface area (TPSA) is 35.2 Å². The van der Waals surface area contributed by atoms with Gasteiger partial charge in [-0.05, 0) is 55.0 Å². The minimum atomic E-state index is 0.344. The predicted molar refractivity (Wildman–Crippen MR) is 89.2 cm³/mol. The van der Waals surface area contributed by atoms with Crippen LogP contribution in [0.1, 0.15) is 45.6 Å². The Morgan fingerprint density at radius 3 is 2.48 bits per heavy atom. The van der Waals surface area contributed by atoms with Crippen molar-refractivity contribution in [1.82, 2.24) is 0 Å². The largest absolute Gasteiger partial charge is 0.378 e. The third-order valence-electron chi connectivity index (χ3n) is 5.02. The molecule has 0 heterocycles. The maximum Gasteiger partial charge on any atom is 0.0618 e. The molecule has 1 aromatic rings. The normalized spacial score (nSPS) is 26.8. The zero-order valence-electron chi connectivity index (χ0n) is 13.8. The SMILES string of the molecule is CC(C)(C)C1CCC(CN)C(OCCc2ccccc2)C1. The first-order chi connectivity index (χ1) is 10.0. The molecule has 3 atom stereocenters. The molecule has 118 valence electrons. The molecular weight excluding hydrogens is 258 g/mol. The van der Waals surface area contributed by atoms with Gasteiger partial charge >= 0.3 is 0 Å². The van der Waals surface area contributed by atoms with Gasteiger partial charge in [-0.2, -0.15) is 0 Å². The van der Waals surface area contributed by atoms with Gasteiger partial charge in [-0.25, -0.2) is 0 Å². The molecule has 0 aromatic heterocycles. The molecule has 0 bridgehead atoms. The van der Waals surface area contributed by atoms with Crippen LogP contribution in [0.4, 0.5) is 0 Å². The molecule has 1 aromatic carbocycles. The van der Waals surface area contributed by atoms with Crippen LogP contribution in [0.3, 0.4) is 0 Å². The Labute approximate surface area is 130 Å². The second-order valence-corrected chi connectivity index (χ2v) is 7.52. The highest BCUT2D eigenvalue weighted by Crippen LogP contribution is 2.40. The third kappa shape index (κ3) is 4.82. The van der Waals surface area contributed by atoms with Crippen LogP contribution >= 0.6 is 0 Å². The summed E-state index contributed by atoms with van der Waals surface area (Å²) in [5, 5.41) is 0. The summed E-state index contributed by atoms with van der Waals surface area (Å²) in [6, 6.07) is 10.6. The van der Waals surface area contributed by atoms with E-state index in [0.29, 0.717) is 17.4 Å². The fraction of sp³-hybridized carbons (Fsp3) is 0.684. The van der Waals surface area contributed by atoms with Crippen molar-refractivity contribution in [1.29, 1.82) is 0 Å². The summed E-state index contributed by atoms with van der Waals surface area (Å²) in [6.07, 6.45) is 5.02. The van der Waals surface area contributed by atoms with Gasteiger partial charge in [0.2, 0.25) is 0 Å². The van der Waals surface area contributed by atoms with E-state index in [4.69, 9.17) is 10.5 Å². The monoisotopic (exact) mass is 289 g/mol. The minimum Gasteiger partial charge on any atom is -0.378 e. The first kappa shape index (κ1) is 16.5. The van der Waals surface area contributed by atoms with Gasteiger partial charge in [-0.15, -0.1) is 0 Å². The number of benzene rings is 1. The van der Waals surface area contributed by atoms with E-state index in [-0.39, 0.29) is 0 Å². The van der Waals surface area contributed by atoms with E-state index in [1.165, 1.54) is 24.8 Å². The molecule has 2 N–H and O–H groups in total. The van der Waals surface area contributed by atoms with Gasteiger partial charge < -0.3 is 10.5 Å². The van der Waals surface area contributed by atoms with E-state index < -0.39 is 0 Å². The molecule has 1 saturated carbocycles. The summed E-state index contributed by atoms with van der Waals surface area (Å²) < 4.78 is 6.24. The number of hydrogen-bond acceptors (Lipinski definition) is 2. The van der Waals surface area contributed by atoms with Crippen LogP contribution in [0.5, 0.6) is 0 Å². The second-order valence-electron chi connectivity index (χ2n) is 7.52. The van der Waals surface area contributed by atoms with Crippen molar-refractivity contribution < 1.29 is 4.74 Å². The van der Waals surface area contributed by atoms with Crippen molar-refractivity contribution in [3.63, 3.8) is 0 Å². The molecule has 0 aliphatic heterocycles. The van der Waals surface area contributed by atoms with Crippen molar-refractivity contribution in [2.24, 2.45) is 23.0 Å². The van der Waals surface area contributed by atoms with Crippen LogP contribution in [0.2, 0.25) is 0 Å². The lowest BCUT2D eigenvalue weighted by atomic mass is 9.68. The molecule has 3 unspecified atom stereocenters. The Morgan fingerprint density at radius 1 is 1.14 bits per heavy atom. The molecule has 0 amide bonds. The summed E-state index contributed by atoms with van der Waals surface area (Å²) in [5.74, 6) is 1.29. The number of ether oxygens (including phenoxy) is 1. The van der Waals surface area contributed by atoms with Gasteiger partial charge in [0.25, 0.3) is 0 Å². The summed E-state index contributed by atoms with van der Waals surface area (Å²) in [5.41, 5.74) is 7.68. The van der Waals surface area contributed by atoms with Crippen molar-refractivity contribution in [3.05, 3.63) is 35.9 Å². The van der Waals surface area contributed by atoms with Crippen LogP contribution in [0.15, 0.2) is 30.3 Å². The smallest absolute Gasteiger partial charge is 0.0618 e. The van der Waals surface area contributed by atoms with E-state index in [1.54, 1.807) is 0 Å². The maximum atomic E-state index is 6.24. The summed E-state index contributed by atoms with van der Waals surface area (Å²) in [7, 11) is 0. The summed E-state index contributed by atoms with van der Waals surface area (Å²) in [6.45, 7) is 8.61. The maximum absolute atomic E-state index is 6.24. The molecule has 0 saturated heterocycles. The van der Waals surface area contributed by atoms with Crippen LogP contribution < -0.4 is 5.73 Å². The summed E-state index contributed by atoms with van der Waals surface area (Å²) in [4.78, 5) is 0. The molecule has 1 aliphatic rings. The number of rotatable bonds is 5. The average molecular weight is 289 g/mol. The lowest BCUT2D eigenvalue weighted by Crippen LogP contribution is -2.40. The van der Waals surface area contributed by atoms with Gasteiger partial charge in [0, 0.05) is 0 Å². The molecule has 0 spiro atoms. The van der Waals surface area contributed by atoms with Crippen molar-refractivity contribution >= 4 is 0 Å². The number of hydrogen-bond donors (Lipinski definition) is 1. The number of nitrogens with two attached hydrogens (primary N) is 1. The van der Waals surface area contributed by atoms with Gasteiger partial charge in [-0.3, -0.25) is 0 Å². The zero-order chi connectivity index (χ0) is 15.3. The molecule has 1 aliphatic carbocycles. The predicted octanol–water partition coefficient (Wildman–Crippen LogP) is 4.04. The molecule has 2 heteroatoms. The van der Waals surface area contributed by atoms with Crippen LogP contribution in [0.25, 0.3) is 0 Å². The molecule has 1 fully saturated rings. The fourth-order valence-corrected chi connectivity index (χ4v) is 3.43. The van der Waals surface area contributed by atoms with E-state index in [1.807, 2.05) is 0 Å². The molecule has 0 radical (unpaired) electrons. The van der Waals surface area contributed by atoms with Crippen molar-refractivity contribution in [2.75, 3.05) is 13.2 Å². The highest BCUT2D eigenvalue weighted by atomic mass is 16.5. The average Bonchev–Trinajstić information content (AvgIpc) is 2.47. The Hall–Kier alpha value is -0.860. The third-order valence-corrected chi connectivity index (χ3v) is 5.02. The Kier molecular flexibility index (Phi) is 5.83. The van der Waals surface area contributed by atoms with E-state index in [2.05, 4.69) is 51.1 Å². The Bertz CT molecular complexity index is 409. The quantitative estimate of drug-likeness (QED) is 0.888. The van der Waals surface area contributed by atoms with E-state index >= 15 is 0 Å². The standard InChI is InChI=1S/C19H31NO/c1-19(2,3)17-10-9-16(14-20)18(13-17)21-12-11-15-7-5-4-6-8-15/h4-8,16-18H,9-14,20H2,1-3H3.